The van der Waals surface area contributed by atoms with Gasteiger partial charge in [-0.2, -0.15) is 0 Å². The highest BCUT2D eigenvalue weighted by molar-refractivity contribution is 8.00. The number of ether oxygens (including phenoxy) is 1. The molecule has 3 aromatic rings. The maximum absolute atomic E-state index is 13.7. The highest BCUT2D eigenvalue weighted by atomic mass is 32.2. The summed E-state index contributed by atoms with van der Waals surface area (Å²) in [5.74, 6) is 0.0777. The lowest BCUT2D eigenvalue weighted by Gasteiger charge is -2.41. The first kappa shape index (κ1) is 21.2. The number of cyclic esters (lactones) is 1. The molecule has 34 heavy (non-hydrogen) atoms. The minimum atomic E-state index is -0.375. The molecule has 0 unspecified atom stereocenters. The first-order valence-electron chi connectivity index (χ1n) is 11.1. The number of likely N-dealkylation sites (tertiary alicyclic amines) is 1. The number of aromatic nitrogens is 1. The lowest BCUT2D eigenvalue weighted by atomic mass is 10.1. The number of hydrogen-bond acceptors (Lipinski definition) is 7. The van der Waals surface area contributed by atoms with E-state index < -0.39 is 0 Å². The summed E-state index contributed by atoms with van der Waals surface area (Å²) in [7, 11) is 0. The number of carbonyl (C=O) groups excluding carboxylic acids is 2. The second-order valence-electron chi connectivity index (χ2n) is 8.71. The van der Waals surface area contributed by atoms with Crippen LogP contribution in [0.25, 0.3) is 10.9 Å². The van der Waals surface area contributed by atoms with E-state index in [2.05, 4.69) is 20.5 Å². The lowest BCUT2D eigenvalue weighted by molar-refractivity contribution is -0.113. The van der Waals surface area contributed by atoms with Crippen molar-refractivity contribution in [2.45, 2.75) is 17.0 Å². The van der Waals surface area contributed by atoms with Gasteiger partial charge in [-0.1, -0.05) is 0 Å². The van der Waals surface area contributed by atoms with E-state index >= 15 is 0 Å². The van der Waals surface area contributed by atoms with Gasteiger partial charge in [0.15, 0.2) is 0 Å². The summed E-state index contributed by atoms with van der Waals surface area (Å²) in [5.41, 5.74) is 3.07. The van der Waals surface area contributed by atoms with E-state index in [1.807, 2.05) is 24.3 Å². The molecule has 0 bridgehead atoms. The molecule has 2 aromatic carbocycles. The fourth-order valence-electron chi connectivity index (χ4n) is 4.63. The van der Waals surface area contributed by atoms with Crippen LogP contribution >= 0.6 is 11.8 Å². The topological polar surface area (TPSA) is 86.8 Å². The molecule has 1 aromatic heterocycles. The molecule has 174 valence electrons. The number of halogens is 1. The van der Waals surface area contributed by atoms with Crippen LogP contribution in [-0.2, 0) is 9.53 Å². The molecule has 6 rings (SSSR count). The van der Waals surface area contributed by atoms with E-state index in [4.69, 9.17) is 4.74 Å². The monoisotopic (exact) mass is 479 g/mol. The number of pyridine rings is 1. The molecular formula is C24H22FN5O3S. The molecule has 0 radical (unpaired) electrons. The largest absolute Gasteiger partial charge is 0.443 e. The minimum Gasteiger partial charge on any atom is -0.443 e. The van der Waals surface area contributed by atoms with Gasteiger partial charge < -0.3 is 15.4 Å². The van der Waals surface area contributed by atoms with E-state index in [0.29, 0.717) is 24.5 Å². The van der Waals surface area contributed by atoms with Crippen molar-refractivity contribution in [1.82, 2.24) is 9.88 Å². The smallest absolute Gasteiger partial charge is 0.414 e. The van der Waals surface area contributed by atoms with Crippen molar-refractivity contribution in [2.75, 3.05) is 47.5 Å². The first-order valence-corrected chi connectivity index (χ1v) is 12.1. The summed E-state index contributed by atoms with van der Waals surface area (Å²) in [6.07, 6.45) is 1.11. The third kappa shape index (κ3) is 4.03. The van der Waals surface area contributed by atoms with Crippen molar-refractivity contribution < 1.29 is 18.7 Å². The first-order chi connectivity index (χ1) is 16.5. The zero-order chi connectivity index (χ0) is 23.2. The Morgan fingerprint density at radius 1 is 1.15 bits per heavy atom. The Labute approximate surface area is 199 Å². The predicted molar refractivity (Wildman–Crippen MR) is 129 cm³/mol. The average molecular weight is 480 g/mol. The maximum atomic E-state index is 13.7. The van der Waals surface area contributed by atoms with Gasteiger partial charge in [0.05, 0.1) is 29.5 Å². The Bertz CT molecular complexity index is 1300. The van der Waals surface area contributed by atoms with E-state index in [1.54, 1.807) is 17.2 Å². The Morgan fingerprint density at radius 2 is 2.03 bits per heavy atom. The van der Waals surface area contributed by atoms with Crippen LogP contribution in [0, 0.1) is 5.82 Å². The molecule has 2 fully saturated rings. The number of hydrogen-bond donors (Lipinski definition) is 2. The molecule has 2 N–H and O–H groups in total. The molecule has 2 saturated heterocycles. The molecule has 3 aliphatic heterocycles. The van der Waals surface area contributed by atoms with Crippen LogP contribution < -0.4 is 15.5 Å². The normalized spacial score (nSPS) is 20.6. The number of anilines is 3. The fraction of sp³-hybridized carbons (Fsp3) is 0.292. The summed E-state index contributed by atoms with van der Waals surface area (Å²) in [6, 6.07) is 12.3. The number of nitrogens with zero attached hydrogens (tertiary/aromatic N) is 3. The third-order valence-corrected chi connectivity index (χ3v) is 7.34. The molecule has 0 aliphatic carbocycles. The van der Waals surface area contributed by atoms with Crippen LogP contribution in [0.1, 0.15) is 0 Å². The van der Waals surface area contributed by atoms with Crippen LogP contribution in [0.4, 0.5) is 26.2 Å². The van der Waals surface area contributed by atoms with Crippen molar-refractivity contribution in [2.24, 2.45) is 0 Å². The number of nitrogens with one attached hydrogen (secondary N) is 2. The Kier molecular flexibility index (Phi) is 5.26. The van der Waals surface area contributed by atoms with Gasteiger partial charge in [0.2, 0.25) is 5.91 Å². The molecule has 0 saturated carbocycles. The van der Waals surface area contributed by atoms with Crippen molar-refractivity contribution in [3.63, 3.8) is 0 Å². The quantitative estimate of drug-likeness (QED) is 0.579. The van der Waals surface area contributed by atoms with Gasteiger partial charge >= 0.3 is 6.09 Å². The summed E-state index contributed by atoms with van der Waals surface area (Å²) in [4.78, 5) is 33.3. The Morgan fingerprint density at radius 3 is 2.91 bits per heavy atom. The second kappa shape index (κ2) is 8.44. The number of amides is 2. The Balaban J connectivity index is 1.05. The Hall–Kier alpha value is -3.37. The van der Waals surface area contributed by atoms with E-state index in [9.17, 15) is 14.0 Å². The fourth-order valence-corrected chi connectivity index (χ4v) is 5.42. The van der Waals surface area contributed by atoms with Gasteiger partial charge in [-0.3, -0.25) is 19.6 Å². The van der Waals surface area contributed by atoms with Gasteiger partial charge in [0.25, 0.3) is 0 Å². The minimum absolute atomic E-state index is 0.0395. The van der Waals surface area contributed by atoms with E-state index in [-0.39, 0.29) is 30.0 Å². The highest BCUT2D eigenvalue weighted by Crippen LogP contribution is 2.35. The van der Waals surface area contributed by atoms with Crippen molar-refractivity contribution >= 4 is 51.7 Å². The number of carbonyl (C=O) groups is 2. The number of thioether (sulfide) groups is 1. The number of benzene rings is 2. The van der Waals surface area contributed by atoms with Gasteiger partial charge in [0, 0.05) is 47.5 Å². The van der Waals surface area contributed by atoms with Gasteiger partial charge in [-0.15, -0.1) is 11.8 Å². The van der Waals surface area contributed by atoms with Crippen LogP contribution in [0.3, 0.4) is 0 Å². The van der Waals surface area contributed by atoms with Crippen LogP contribution in [0.15, 0.2) is 53.6 Å². The summed E-state index contributed by atoms with van der Waals surface area (Å²) < 4.78 is 19.3. The highest BCUT2D eigenvalue weighted by Gasteiger charge is 2.37. The van der Waals surface area contributed by atoms with Gasteiger partial charge in [-0.05, 0) is 42.5 Å². The molecule has 4 heterocycles. The van der Waals surface area contributed by atoms with Crippen molar-refractivity contribution in [3.8, 4) is 0 Å². The maximum Gasteiger partial charge on any atom is 0.414 e. The molecule has 2 amide bonds. The van der Waals surface area contributed by atoms with Crippen molar-refractivity contribution in [3.05, 3.63) is 54.5 Å². The lowest BCUT2D eigenvalue weighted by Crippen LogP contribution is -2.56. The van der Waals surface area contributed by atoms with E-state index in [1.165, 1.54) is 23.9 Å². The summed E-state index contributed by atoms with van der Waals surface area (Å²) >= 11 is 1.49. The van der Waals surface area contributed by atoms with Gasteiger partial charge in [0.1, 0.15) is 11.9 Å². The molecule has 1 atom stereocenters. The van der Waals surface area contributed by atoms with Gasteiger partial charge in [-0.25, -0.2) is 9.18 Å². The molecular weight excluding hydrogens is 457 g/mol. The summed E-state index contributed by atoms with van der Waals surface area (Å²) in [5, 5.41) is 7.10. The third-order valence-electron chi connectivity index (χ3n) is 6.26. The summed E-state index contributed by atoms with van der Waals surface area (Å²) in [6.45, 7) is 2.70. The number of rotatable bonds is 5. The molecule has 3 aliphatic rings. The predicted octanol–water partition coefficient (Wildman–Crippen LogP) is 3.54. The zero-order valence-electron chi connectivity index (χ0n) is 18.2. The second-order valence-corrected chi connectivity index (χ2v) is 9.73. The van der Waals surface area contributed by atoms with Crippen molar-refractivity contribution in [1.29, 1.82) is 0 Å². The van der Waals surface area contributed by atoms with E-state index in [0.717, 1.165) is 40.3 Å². The average Bonchev–Trinajstić information content (AvgIpc) is 3.17. The molecule has 0 spiro atoms. The zero-order valence-corrected chi connectivity index (χ0v) is 19.0. The van der Waals surface area contributed by atoms with Crippen LogP contribution in [0.2, 0.25) is 0 Å². The SMILES string of the molecule is O=C1CSc2ccc(N3C[C@@H](CN4CC(Nc5ccnc6ccc(F)cc56)C4)OC3=O)cc2N1. The number of fused-ring (bicyclic) bond motifs is 2. The van der Waals surface area contributed by atoms with Crippen LogP contribution in [-0.4, -0.2) is 66.0 Å². The van der Waals surface area contributed by atoms with Crippen LogP contribution in [0.5, 0.6) is 0 Å². The standard InChI is InChI=1S/C24H22FN5O3S/c25-14-1-3-19-18(7-14)20(5-6-26-19)27-15-9-29(10-15)11-17-12-30(24(32)33-17)16-2-4-22-21(8-16)28-23(31)13-34-22/h1-8,15,17H,9-13H2,(H,26,27)(H,28,31)/t17-/m1/s1. The molecule has 10 heteroatoms. The molecule has 8 nitrogen and oxygen atoms in total.